The summed E-state index contributed by atoms with van der Waals surface area (Å²) in [4.78, 5) is 0. The second-order valence-electron chi connectivity index (χ2n) is 2.84. The van der Waals surface area contributed by atoms with Crippen molar-refractivity contribution in [2.45, 2.75) is 0 Å². The van der Waals surface area contributed by atoms with Crippen LogP contribution in [0, 0.1) is 0 Å². The van der Waals surface area contributed by atoms with Crippen molar-refractivity contribution in [3.8, 4) is 11.3 Å². The van der Waals surface area contributed by atoms with E-state index in [4.69, 9.17) is 23.2 Å². The third kappa shape index (κ3) is 2.30. The number of halogens is 3. The van der Waals surface area contributed by atoms with E-state index in [0.29, 0.717) is 10.7 Å². The molecule has 5 heteroatoms. The Morgan fingerprint density at radius 2 is 1.80 bits per heavy atom. The van der Waals surface area contributed by atoms with E-state index < -0.39 is 0 Å². The number of aromatic nitrogens is 2. The molecule has 1 aromatic carbocycles. The van der Waals surface area contributed by atoms with Gasteiger partial charge >= 0.3 is 0 Å². The molecule has 2 nitrogen and oxygen atoms in total. The molecule has 1 heterocycles. The van der Waals surface area contributed by atoms with Crippen LogP contribution in [0.25, 0.3) is 11.3 Å². The first-order valence-electron chi connectivity index (χ1n) is 4.12. The molecule has 15 heavy (non-hydrogen) atoms. The van der Waals surface area contributed by atoms with Gasteiger partial charge in [-0.25, -0.2) is 0 Å². The average molecular weight is 304 g/mol. The number of nitrogens with zero attached hydrogens (tertiary/aromatic N) is 2. The summed E-state index contributed by atoms with van der Waals surface area (Å²) in [5, 5.41) is 8.51. The summed E-state index contributed by atoms with van der Waals surface area (Å²) in [5.41, 5.74) is 1.51. The zero-order valence-electron chi connectivity index (χ0n) is 7.42. The molecule has 0 saturated carbocycles. The fraction of sp³-hybridized carbons (Fsp3) is 0. The number of rotatable bonds is 1. The lowest BCUT2D eigenvalue weighted by Gasteiger charge is -2.04. The lowest BCUT2D eigenvalue weighted by molar-refractivity contribution is 1.04. The topological polar surface area (TPSA) is 25.8 Å². The molecule has 0 unspecified atom stereocenters. The highest BCUT2D eigenvalue weighted by Gasteiger charge is 2.09. The van der Waals surface area contributed by atoms with E-state index in [1.165, 1.54) is 0 Å². The maximum absolute atomic E-state index is 6.03. The molecule has 0 saturated heterocycles. The first-order chi connectivity index (χ1) is 7.18. The highest BCUT2D eigenvalue weighted by molar-refractivity contribution is 9.10. The monoisotopic (exact) mass is 302 g/mol. The maximum atomic E-state index is 6.03. The molecule has 0 radical (unpaired) electrons. The van der Waals surface area contributed by atoms with Crippen molar-refractivity contribution in [2.75, 3.05) is 0 Å². The van der Waals surface area contributed by atoms with E-state index in [0.717, 1.165) is 10.0 Å². The van der Waals surface area contributed by atoms with Crippen LogP contribution >= 0.6 is 39.1 Å². The van der Waals surface area contributed by atoms with Gasteiger partial charge in [-0.05, 0) is 12.1 Å². The van der Waals surface area contributed by atoms with E-state index in [1.807, 2.05) is 24.3 Å². The van der Waals surface area contributed by atoms with E-state index in [9.17, 15) is 0 Å². The molecule has 0 fully saturated rings. The summed E-state index contributed by atoms with van der Waals surface area (Å²) in [6, 6.07) is 9.23. The van der Waals surface area contributed by atoms with Crippen LogP contribution in [0.3, 0.4) is 0 Å². The largest absolute Gasteiger partial charge is 0.153 e. The van der Waals surface area contributed by atoms with Gasteiger partial charge in [-0.3, -0.25) is 0 Å². The minimum absolute atomic E-state index is 0.288. The van der Waals surface area contributed by atoms with Crippen molar-refractivity contribution in [1.29, 1.82) is 0 Å². The standard InChI is InChI=1S/C10H5BrCl2N2/c11-7-4-2-1-3-6(7)10-8(12)5-9(13)14-15-10/h1-5H. The van der Waals surface area contributed by atoms with Gasteiger partial charge in [0.2, 0.25) is 0 Å². The highest BCUT2D eigenvalue weighted by Crippen LogP contribution is 2.31. The second-order valence-corrected chi connectivity index (χ2v) is 4.49. The molecule has 0 N–H and O–H groups in total. The molecule has 1 aromatic heterocycles. The van der Waals surface area contributed by atoms with Gasteiger partial charge in [0.25, 0.3) is 0 Å². The average Bonchev–Trinajstić information content (AvgIpc) is 2.20. The summed E-state index contributed by atoms with van der Waals surface area (Å²) >= 11 is 15.1. The Morgan fingerprint density at radius 3 is 2.47 bits per heavy atom. The summed E-state index contributed by atoms with van der Waals surface area (Å²) in [6.45, 7) is 0. The van der Waals surface area contributed by atoms with Crippen LogP contribution in [0.15, 0.2) is 34.8 Å². The van der Waals surface area contributed by atoms with Gasteiger partial charge in [-0.1, -0.05) is 57.3 Å². The van der Waals surface area contributed by atoms with Crippen molar-refractivity contribution in [3.63, 3.8) is 0 Å². The molecule has 2 rings (SSSR count). The minimum atomic E-state index is 0.288. The van der Waals surface area contributed by atoms with Crippen molar-refractivity contribution in [3.05, 3.63) is 45.0 Å². The molecule has 0 bridgehead atoms. The van der Waals surface area contributed by atoms with Gasteiger partial charge in [-0.15, -0.1) is 10.2 Å². The molecular formula is C10H5BrCl2N2. The predicted octanol–water partition coefficient (Wildman–Crippen LogP) is 4.21. The lowest BCUT2D eigenvalue weighted by atomic mass is 10.1. The van der Waals surface area contributed by atoms with Crippen LogP contribution in [0.1, 0.15) is 0 Å². The minimum Gasteiger partial charge on any atom is -0.147 e. The fourth-order valence-electron chi connectivity index (χ4n) is 1.18. The summed E-state index contributed by atoms with van der Waals surface area (Å²) in [6.07, 6.45) is 0. The number of hydrogen-bond acceptors (Lipinski definition) is 2. The Balaban J connectivity index is 2.60. The fourth-order valence-corrected chi connectivity index (χ4v) is 2.10. The molecule has 0 aliphatic carbocycles. The Morgan fingerprint density at radius 1 is 1.07 bits per heavy atom. The van der Waals surface area contributed by atoms with E-state index in [-0.39, 0.29) is 5.15 Å². The maximum Gasteiger partial charge on any atom is 0.153 e. The van der Waals surface area contributed by atoms with E-state index in [2.05, 4.69) is 26.1 Å². The third-order valence-corrected chi connectivity index (χ3v) is 3.01. The molecular weight excluding hydrogens is 299 g/mol. The normalized spacial score (nSPS) is 10.3. The van der Waals surface area contributed by atoms with Crippen LogP contribution in [0.2, 0.25) is 10.2 Å². The number of benzene rings is 1. The van der Waals surface area contributed by atoms with Crippen molar-refractivity contribution < 1.29 is 0 Å². The highest BCUT2D eigenvalue weighted by atomic mass is 79.9. The van der Waals surface area contributed by atoms with Crippen LogP contribution in [0.5, 0.6) is 0 Å². The second kappa shape index (κ2) is 4.47. The summed E-state index contributed by atoms with van der Waals surface area (Å²) in [7, 11) is 0. The van der Waals surface area contributed by atoms with Gasteiger partial charge in [-0.2, -0.15) is 0 Å². The zero-order chi connectivity index (χ0) is 10.8. The van der Waals surface area contributed by atoms with Gasteiger partial charge in [0.15, 0.2) is 5.15 Å². The number of hydrogen-bond donors (Lipinski definition) is 0. The smallest absolute Gasteiger partial charge is 0.147 e. The molecule has 0 aliphatic heterocycles. The first kappa shape index (κ1) is 10.9. The van der Waals surface area contributed by atoms with Crippen LogP contribution < -0.4 is 0 Å². The Bertz CT molecular complexity index is 503. The third-order valence-electron chi connectivity index (χ3n) is 1.85. The van der Waals surface area contributed by atoms with Gasteiger partial charge in [0, 0.05) is 10.0 Å². The van der Waals surface area contributed by atoms with Crippen LogP contribution in [0.4, 0.5) is 0 Å². The molecule has 0 aliphatic rings. The Kier molecular flexibility index (Phi) is 3.24. The van der Waals surface area contributed by atoms with Crippen molar-refractivity contribution in [2.24, 2.45) is 0 Å². The van der Waals surface area contributed by atoms with Crippen LogP contribution in [-0.4, -0.2) is 10.2 Å². The Labute approximate surface area is 105 Å². The van der Waals surface area contributed by atoms with Crippen molar-refractivity contribution in [1.82, 2.24) is 10.2 Å². The zero-order valence-corrected chi connectivity index (χ0v) is 10.5. The predicted molar refractivity (Wildman–Crippen MR) is 65.2 cm³/mol. The molecule has 0 spiro atoms. The Hall–Kier alpha value is -0.640. The molecule has 2 aromatic rings. The first-order valence-corrected chi connectivity index (χ1v) is 5.67. The molecule has 76 valence electrons. The van der Waals surface area contributed by atoms with Gasteiger partial charge in [0.1, 0.15) is 5.69 Å². The summed E-state index contributed by atoms with van der Waals surface area (Å²) < 4.78 is 0.920. The van der Waals surface area contributed by atoms with Gasteiger partial charge in [0.05, 0.1) is 5.02 Å². The lowest BCUT2D eigenvalue weighted by Crippen LogP contribution is -1.90. The summed E-state index contributed by atoms with van der Waals surface area (Å²) in [5.74, 6) is 0. The van der Waals surface area contributed by atoms with E-state index in [1.54, 1.807) is 6.07 Å². The van der Waals surface area contributed by atoms with Gasteiger partial charge < -0.3 is 0 Å². The van der Waals surface area contributed by atoms with Crippen molar-refractivity contribution >= 4 is 39.1 Å². The SMILES string of the molecule is Clc1cc(Cl)c(-c2ccccc2Br)nn1. The van der Waals surface area contributed by atoms with Crippen LogP contribution in [-0.2, 0) is 0 Å². The molecule has 0 amide bonds. The molecule has 0 atom stereocenters. The van der Waals surface area contributed by atoms with E-state index >= 15 is 0 Å². The quantitative estimate of drug-likeness (QED) is 0.788.